The van der Waals surface area contributed by atoms with Gasteiger partial charge in [0.15, 0.2) is 5.65 Å². The molecule has 1 N–H and O–H groups in total. The Morgan fingerprint density at radius 1 is 1.00 bits per heavy atom. The molecule has 1 aromatic carbocycles. The molecule has 1 fully saturated rings. The van der Waals surface area contributed by atoms with E-state index in [-0.39, 0.29) is 0 Å². The van der Waals surface area contributed by atoms with Crippen molar-refractivity contribution in [2.75, 3.05) is 18.0 Å². The second kappa shape index (κ2) is 5.09. The lowest BCUT2D eigenvalue weighted by Crippen LogP contribution is -2.20. The molecule has 1 saturated heterocycles. The molecule has 0 saturated carbocycles. The Kier molecular flexibility index (Phi) is 2.89. The summed E-state index contributed by atoms with van der Waals surface area (Å²) in [4.78, 5) is 15.1. The van der Waals surface area contributed by atoms with E-state index in [1.54, 1.807) is 0 Å². The molecule has 1 aliphatic rings. The molecule has 4 aromatic rings. The Labute approximate surface area is 140 Å². The molecular weight excluding hydrogens is 298 g/mol. The van der Waals surface area contributed by atoms with Crippen LogP contribution in [-0.2, 0) is 0 Å². The number of fused-ring (bicyclic) bond motifs is 3. The van der Waals surface area contributed by atoms with Gasteiger partial charge in [0, 0.05) is 18.8 Å². The van der Waals surface area contributed by atoms with E-state index in [1.807, 2.05) is 12.4 Å². The molecule has 0 bridgehead atoms. The molecule has 0 spiro atoms. The highest BCUT2D eigenvalue weighted by atomic mass is 15.3. The summed E-state index contributed by atoms with van der Waals surface area (Å²) in [5.41, 5.74) is 6.56. The molecule has 120 valence electrons. The number of imidazole rings is 1. The molecule has 0 radical (unpaired) electrons. The second-order valence-corrected chi connectivity index (χ2v) is 6.55. The molecule has 0 amide bonds. The van der Waals surface area contributed by atoms with Crippen LogP contribution in [0.15, 0.2) is 42.7 Å². The molecule has 5 rings (SSSR count). The number of rotatable bonds is 2. The van der Waals surface area contributed by atoms with Crippen molar-refractivity contribution in [1.82, 2.24) is 19.4 Å². The maximum atomic E-state index is 4.66. The Morgan fingerprint density at radius 2 is 1.75 bits per heavy atom. The third-order valence-corrected chi connectivity index (χ3v) is 4.87. The first-order valence-electron chi connectivity index (χ1n) is 8.47. The second-order valence-electron chi connectivity index (χ2n) is 6.55. The number of H-pyrrole nitrogens is 1. The lowest BCUT2D eigenvalue weighted by atomic mass is 10.1. The average Bonchev–Trinajstić information content (AvgIpc) is 3.32. The standard InChI is InChI=1S/C19H19N5/c1-13-4-6-14(7-5-13)16-10-17-18(22-16)20-11-15-12-21-19(24(15)17)23-8-2-3-9-23/h4-7,10-12,22H,2-3,8-9H2,1H3. The maximum Gasteiger partial charge on any atom is 0.210 e. The van der Waals surface area contributed by atoms with Gasteiger partial charge < -0.3 is 9.88 Å². The zero-order valence-electron chi connectivity index (χ0n) is 13.7. The molecule has 5 nitrogen and oxygen atoms in total. The number of benzene rings is 1. The number of anilines is 1. The molecule has 24 heavy (non-hydrogen) atoms. The summed E-state index contributed by atoms with van der Waals surface area (Å²) in [5.74, 6) is 1.03. The molecule has 0 unspecified atom stereocenters. The van der Waals surface area contributed by atoms with Crippen molar-refractivity contribution in [2.45, 2.75) is 19.8 Å². The van der Waals surface area contributed by atoms with Crippen LogP contribution in [0, 0.1) is 6.92 Å². The first kappa shape index (κ1) is 13.6. The van der Waals surface area contributed by atoms with E-state index in [4.69, 9.17) is 0 Å². The predicted octanol–water partition coefficient (Wildman–Crippen LogP) is 3.79. The van der Waals surface area contributed by atoms with Crippen LogP contribution in [-0.4, -0.2) is 32.4 Å². The van der Waals surface area contributed by atoms with Crippen LogP contribution >= 0.6 is 0 Å². The first-order valence-corrected chi connectivity index (χ1v) is 8.47. The number of nitrogens with one attached hydrogen (secondary N) is 1. The van der Waals surface area contributed by atoms with E-state index in [0.717, 1.165) is 41.4 Å². The summed E-state index contributed by atoms with van der Waals surface area (Å²) in [6.45, 7) is 4.27. The topological polar surface area (TPSA) is 49.2 Å². The summed E-state index contributed by atoms with van der Waals surface area (Å²) >= 11 is 0. The minimum atomic E-state index is 0.900. The third kappa shape index (κ3) is 2.01. The number of aryl methyl sites for hydroxylation is 1. The predicted molar refractivity (Wildman–Crippen MR) is 96.5 cm³/mol. The van der Waals surface area contributed by atoms with Crippen LogP contribution in [0.1, 0.15) is 18.4 Å². The summed E-state index contributed by atoms with van der Waals surface area (Å²) in [6, 6.07) is 10.7. The minimum Gasteiger partial charge on any atom is -0.342 e. The minimum absolute atomic E-state index is 0.900. The summed E-state index contributed by atoms with van der Waals surface area (Å²) in [6.07, 6.45) is 6.29. The van der Waals surface area contributed by atoms with Gasteiger partial charge in [-0.15, -0.1) is 0 Å². The van der Waals surface area contributed by atoms with Crippen LogP contribution in [0.25, 0.3) is 27.9 Å². The van der Waals surface area contributed by atoms with Gasteiger partial charge in [-0.05, 0) is 31.4 Å². The van der Waals surface area contributed by atoms with Crippen molar-refractivity contribution in [2.24, 2.45) is 0 Å². The van der Waals surface area contributed by atoms with Gasteiger partial charge in [0.25, 0.3) is 0 Å². The number of hydrogen-bond acceptors (Lipinski definition) is 3. The molecular formula is C19H19N5. The third-order valence-electron chi connectivity index (χ3n) is 4.87. The van der Waals surface area contributed by atoms with Gasteiger partial charge >= 0.3 is 0 Å². The fourth-order valence-electron chi connectivity index (χ4n) is 3.55. The highest BCUT2D eigenvalue weighted by Gasteiger charge is 2.19. The Balaban J connectivity index is 1.72. The fraction of sp³-hybridized carbons (Fsp3) is 0.263. The van der Waals surface area contributed by atoms with Crippen LogP contribution in [0.2, 0.25) is 0 Å². The van der Waals surface area contributed by atoms with Crippen LogP contribution in [0.5, 0.6) is 0 Å². The van der Waals surface area contributed by atoms with Gasteiger partial charge in [0.1, 0.15) is 0 Å². The van der Waals surface area contributed by atoms with Gasteiger partial charge in [-0.1, -0.05) is 29.8 Å². The van der Waals surface area contributed by atoms with Crippen molar-refractivity contribution >= 4 is 22.6 Å². The van der Waals surface area contributed by atoms with Gasteiger partial charge in [-0.3, -0.25) is 4.40 Å². The quantitative estimate of drug-likeness (QED) is 0.612. The van der Waals surface area contributed by atoms with Crippen molar-refractivity contribution in [1.29, 1.82) is 0 Å². The number of hydrogen-bond donors (Lipinski definition) is 1. The van der Waals surface area contributed by atoms with Crippen molar-refractivity contribution in [3.8, 4) is 11.3 Å². The fourth-order valence-corrected chi connectivity index (χ4v) is 3.55. The highest BCUT2D eigenvalue weighted by Crippen LogP contribution is 2.28. The maximum absolute atomic E-state index is 4.66. The van der Waals surface area contributed by atoms with Gasteiger partial charge in [-0.25, -0.2) is 9.97 Å². The smallest absolute Gasteiger partial charge is 0.210 e. The number of aromatic amines is 1. The molecule has 0 atom stereocenters. The van der Waals surface area contributed by atoms with E-state index < -0.39 is 0 Å². The number of aromatic nitrogens is 4. The van der Waals surface area contributed by atoms with Gasteiger partial charge in [0.05, 0.1) is 23.4 Å². The Morgan fingerprint density at radius 3 is 2.54 bits per heavy atom. The van der Waals surface area contributed by atoms with Crippen molar-refractivity contribution < 1.29 is 0 Å². The summed E-state index contributed by atoms with van der Waals surface area (Å²) in [5, 5.41) is 0. The molecule has 5 heteroatoms. The highest BCUT2D eigenvalue weighted by molar-refractivity contribution is 5.83. The molecule has 4 heterocycles. The van der Waals surface area contributed by atoms with E-state index in [2.05, 4.69) is 61.5 Å². The Bertz CT molecular complexity index is 1020. The monoisotopic (exact) mass is 317 g/mol. The van der Waals surface area contributed by atoms with E-state index in [0.29, 0.717) is 0 Å². The van der Waals surface area contributed by atoms with E-state index in [1.165, 1.54) is 24.0 Å². The molecule has 0 aliphatic carbocycles. The van der Waals surface area contributed by atoms with Crippen molar-refractivity contribution in [3.63, 3.8) is 0 Å². The van der Waals surface area contributed by atoms with Crippen LogP contribution < -0.4 is 4.90 Å². The average molecular weight is 317 g/mol. The van der Waals surface area contributed by atoms with E-state index in [9.17, 15) is 0 Å². The number of nitrogens with zero attached hydrogens (tertiary/aromatic N) is 4. The largest absolute Gasteiger partial charge is 0.342 e. The summed E-state index contributed by atoms with van der Waals surface area (Å²) in [7, 11) is 0. The first-order chi connectivity index (χ1) is 11.8. The van der Waals surface area contributed by atoms with Crippen molar-refractivity contribution in [3.05, 3.63) is 48.3 Å². The molecule has 3 aromatic heterocycles. The van der Waals surface area contributed by atoms with Crippen LogP contribution in [0.3, 0.4) is 0 Å². The Hall–Kier alpha value is -2.82. The van der Waals surface area contributed by atoms with Gasteiger partial charge in [-0.2, -0.15) is 0 Å². The van der Waals surface area contributed by atoms with Gasteiger partial charge in [0.2, 0.25) is 5.95 Å². The molecule has 1 aliphatic heterocycles. The summed E-state index contributed by atoms with van der Waals surface area (Å²) < 4.78 is 2.22. The zero-order chi connectivity index (χ0) is 16.1. The van der Waals surface area contributed by atoms with E-state index >= 15 is 0 Å². The van der Waals surface area contributed by atoms with Crippen LogP contribution in [0.4, 0.5) is 5.95 Å². The lowest BCUT2D eigenvalue weighted by molar-refractivity contribution is 0.903. The lowest BCUT2D eigenvalue weighted by Gasteiger charge is -2.15. The normalized spacial score (nSPS) is 15.0. The SMILES string of the molecule is Cc1ccc(-c2cc3c(ncc4cnc(N5CCCC5)n43)[nH]2)cc1. The zero-order valence-corrected chi connectivity index (χ0v) is 13.7.